The Labute approximate surface area is 271 Å². The number of anilines is 1. The number of rotatable bonds is 10. The van der Waals surface area contributed by atoms with Gasteiger partial charge in [0.15, 0.2) is 17.3 Å². The van der Waals surface area contributed by atoms with Crippen molar-refractivity contribution in [2.75, 3.05) is 50.9 Å². The van der Waals surface area contributed by atoms with Crippen LogP contribution in [0.15, 0.2) is 47.5 Å². The Balaban J connectivity index is 1.28. The lowest BCUT2D eigenvalue weighted by atomic mass is 10.1. The van der Waals surface area contributed by atoms with E-state index in [1.807, 2.05) is 48.2 Å². The first-order chi connectivity index (χ1) is 22.9. The fraction of sp³-hybridized carbons (Fsp3) is 0.424. The number of aryl methyl sites for hydroxylation is 1. The van der Waals surface area contributed by atoms with Gasteiger partial charge in [-0.3, -0.25) is 14.4 Å². The number of hydrogen-bond acceptors (Lipinski definition) is 11. The maximum Gasteiger partial charge on any atom is 0.326 e. The highest BCUT2D eigenvalue weighted by molar-refractivity contribution is 5.95. The Morgan fingerprint density at radius 3 is 2.53 bits per heavy atom. The standard InChI is InChI=1S/C33H38N8O6/c1-4-25-28(32(44)41-33(40(25)19-26(42)46-5-2)36-30(37-41)24-11-17-45-18-12-24)38-13-15-39(16-14-38)31(43)27-29(22(3)34-21-35-27)47-20-23-9-7-6-8-10-23/h6-11,21H,4-5,12-20H2,1-3H3. The lowest BCUT2D eigenvalue weighted by Crippen LogP contribution is -2.51. The third-order valence-corrected chi connectivity index (χ3v) is 8.30. The summed E-state index contributed by atoms with van der Waals surface area (Å²) in [4.78, 5) is 57.6. The van der Waals surface area contributed by atoms with Gasteiger partial charge >= 0.3 is 5.97 Å². The molecule has 14 heteroatoms. The molecule has 4 aromatic rings. The molecule has 47 heavy (non-hydrogen) atoms. The summed E-state index contributed by atoms with van der Waals surface area (Å²) in [6, 6.07) is 9.69. The van der Waals surface area contributed by atoms with E-state index in [0.717, 1.165) is 11.1 Å². The van der Waals surface area contributed by atoms with E-state index in [2.05, 4.69) is 15.1 Å². The second kappa shape index (κ2) is 14.1. The lowest BCUT2D eigenvalue weighted by Gasteiger charge is -2.36. The highest BCUT2D eigenvalue weighted by Crippen LogP contribution is 2.26. The molecule has 5 heterocycles. The van der Waals surface area contributed by atoms with Gasteiger partial charge in [0.25, 0.3) is 11.5 Å². The summed E-state index contributed by atoms with van der Waals surface area (Å²) >= 11 is 0. The van der Waals surface area contributed by atoms with Crippen molar-refractivity contribution in [3.8, 4) is 5.75 Å². The van der Waals surface area contributed by atoms with Gasteiger partial charge in [0.2, 0.25) is 5.78 Å². The summed E-state index contributed by atoms with van der Waals surface area (Å²) in [7, 11) is 0. The summed E-state index contributed by atoms with van der Waals surface area (Å²) in [5.74, 6) is 0.361. The zero-order chi connectivity index (χ0) is 32.9. The van der Waals surface area contributed by atoms with Gasteiger partial charge in [-0.15, -0.1) is 5.10 Å². The van der Waals surface area contributed by atoms with Crippen LogP contribution in [0.5, 0.6) is 5.75 Å². The minimum absolute atomic E-state index is 0.120. The van der Waals surface area contributed by atoms with Crippen LogP contribution in [0.1, 0.15) is 53.5 Å². The van der Waals surface area contributed by atoms with E-state index < -0.39 is 5.97 Å². The van der Waals surface area contributed by atoms with Crippen LogP contribution >= 0.6 is 0 Å². The quantitative estimate of drug-likeness (QED) is 0.235. The number of ether oxygens (including phenoxy) is 3. The smallest absolute Gasteiger partial charge is 0.326 e. The van der Waals surface area contributed by atoms with Crippen molar-refractivity contribution in [3.63, 3.8) is 0 Å². The topological polar surface area (TPSA) is 146 Å². The van der Waals surface area contributed by atoms with Crippen LogP contribution in [-0.2, 0) is 33.8 Å². The predicted molar refractivity (Wildman–Crippen MR) is 172 cm³/mol. The number of nitrogens with zero attached hydrogens (tertiary/aromatic N) is 8. The highest BCUT2D eigenvalue weighted by Gasteiger charge is 2.31. The van der Waals surface area contributed by atoms with Gasteiger partial charge in [0.1, 0.15) is 25.2 Å². The predicted octanol–water partition coefficient (Wildman–Crippen LogP) is 2.46. The molecule has 0 bridgehead atoms. The first kappa shape index (κ1) is 31.9. The fourth-order valence-corrected chi connectivity index (χ4v) is 5.93. The minimum Gasteiger partial charge on any atom is -0.485 e. The molecule has 0 atom stereocenters. The monoisotopic (exact) mass is 642 g/mol. The van der Waals surface area contributed by atoms with E-state index in [1.54, 1.807) is 23.3 Å². The fourth-order valence-electron chi connectivity index (χ4n) is 5.93. The number of aromatic nitrogens is 6. The van der Waals surface area contributed by atoms with Crippen LogP contribution in [0.4, 0.5) is 5.69 Å². The van der Waals surface area contributed by atoms with Gasteiger partial charge in [0.05, 0.1) is 31.2 Å². The zero-order valence-corrected chi connectivity index (χ0v) is 26.8. The normalized spacial score (nSPS) is 15.1. The van der Waals surface area contributed by atoms with Crippen LogP contribution < -0.4 is 15.2 Å². The first-order valence-electron chi connectivity index (χ1n) is 15.9. The zero-order valence-electron chi connectivity index (χ0n) is 26.8. The van der Waals surface area contributed by atoms with Crippen molar-refractivity contribution in [3.05, 3.63) is 81.6 Å². The molecule has 246 valence electrons. The Hall–Kier alpha value is -5.11. The van der Waals surface area contributed by atoms with E-state index in [1.165, 1.54) is 10.8 Å². The van der Waals surface area contributed by atoms with Crippen LogP contribution in [0, 0.1) is 6.92 Å². The molecule has 14 nitrogen and oxygen atoms in total. The first-order valence-corrected chi connectivity index (χ1v) is 15.9. The van der Waals surface area contributed by atoms with Gasteiger partial charge in [-0.2, -0.15) is 9.50 Å². The van der Waals surface area contributed by atoms with Gasteiger partial charge in [-0.1, -0.05) is 43.3 Å². The van der Waals surface area contributed by atoms with Gasteiger partial charge < -0.3 is 28.6 Å². The second-order valence-electron chi connectivity index (χ2n) is 11.2. The minimum atomic E-state index is -0.436. The van der Waals surface area contributed by atoms with Crippen LogP contribution in [0.3, 0.4) is 0 Å². The molecule has 6 rings (SSSR count). The Bertz CT molecular complexity index is 1860. The molecule has 1 fully saturated rings. The third kappa shape index (κ3) is 6.59. The number of amides is 1. The van der Waals surface area contributed by atoms with Crippen molar-refractivity contribution >= 4 is 28.9 Å². The Morgan fingerprint density at radius 2 is 1.83 bits per heavy atom. The number of piperazine rings is 1. The molecule has 0 saturated carbocycles. The molecule has 0 aliphatic carbocycles. The summed E-state index contributed by atoms with van der Waals surface area (Å²) < 4.78 is 19.8. The molecule has 2 aliphatic rings. The molecule has 0 radical (unpaired) electrons. The average Bonchev–Trinajstić information content (AvgIpc) is 3.56. The molecule has 1 amide bonds. The molecule has 2 aliphatic heterocycles. The summed E-state index contributed by atoms with van der Waals surface area (Å²) in [5, 5.41) is 4.60. The largest absolute Gasteiger partial charge is 0.485 e. The van der Waals surface area contributed by atoms with Gasteiger partial charge in [-0.25, -0.2) is 9.97 Å². The highest BCUT2D eigenvalue weighted by atomic mass is 16.5. The summed E-state index contributed by atoms with van der Waals surface area (Å²) in [6.07, 6.45) is 4.36. The van der Waals surface area contributed by atoms with E-state index in [-0.39, 0.29) is 42.7 Å². The molecular weight excluding hydrogens is 604 g/mol. The molecular formula is C33H38N8O6. The number of benzene rings is 1. The maximum atomic E-state index is 14.1. The SMILES string of the molecule is CCOC(=O)Cn1c(CC)c(N2CCN(C(=O)c3ncnc(C)c3OCc3ccccc3)CC2)c(=O)n2nc(C3=CCOCC3)nc12. The average molecular weight is 643 g/mol. The van der Waals surface area contributed by atoms with Gasteiger partial charge in [0, 0.05) is 26.2 Å². The molecule has 0 N–H and O–H groups in total. The summed E-state index contributed by atoms with van der Waals surface area (Å²) in [6.45, 7) is 8.29. The molecule has 0 spiro atoms. The number of carbonyl (C=O) groups is 2. The van der Waals surface area contributed by atoms with Crippen molar-refractivity contribution < 1.29 is 23.8 Å². The molecule has 1 saturated heterocycles. The van der Waals surface area contributed by atoms with Crippen molar-refractivity contribution in [1.82, 2.24) is 34.0 Å². The lowest BCUT2D eigenvalue weighted by molar-refractivity contribution is -0.143. The number of hydrogen-bond donors (Lipinski definition) is 0. The van der Waals surface area contributed by atoms with E-state index in [0.29, 0.717) is 80.9 Å². The van der Waals surface area contributed by atoms with Crippen molar-refractivity contribution in [2.24, 2.45) is 0 Å². The summed E-state index contributed by atoms with van der Waals surface area (Å²) in [5.41, 5.74) is 3.38. The number of carbonyl (C=O) groups excluding carboxylic acids is 2. The third-order valence-electron chi connectivity index (χ3n) is 8.30. The number of esters is 1. The van der Waals surface area contributed by atoms with Crippen LogP contribution in [-0.4, -0.2) is 91.9 Å². The Morgan fingerprint density at radius 1 is 1.04 bits per heavy atom. The molecule has 1 aromatic carbocycles. The van der Waals surface area contributed by atoms with Crippen molar-refractivity contribution in [2.45, 2.75) is 46.8 Å². The maximum absolute atomic E-state index is 14.1. The number of fused-ring (bicyclic) bond motifs is 1. The van der Waals surface area contributed by atoms with Crippen molar-refractivity contribution in [1.29, 1.82) is 0 Å². The van der Waals surface area contributed by atoms with E-state index >= 15 is 0 Å². The second-order valence-corrected chi connectivity index (χ2v) is 11.2. The molecule has 3 aromatic heterocycles. The van der Waals surface area contributed by atoms with E-state index in [9.17, 15) is 14.4 Å². The molecule has 0 unspecified atom stereocenters. The van der Waals surface area contributed by atoms with Gasteiger partial charge in [-0.05, 0) is 37.8 Å². The van der Waals surface area contributed by atoms with Crippen LogP contribution in [0.25, 0.3) is 11.4 Å². The van der Waals surface area contributed by atoms with Crippen LogP contribution in [0.2, 0.25) is 0 Å². The van der Waals surface area contributed by atoms with E-state index in [4.69, 9.17) is 19.2 Å². The Kier molecular flexibility index (Phi) is 9.57.